The Balaban J connectivity index is 1.48. The van der Waals surface area contributed by atoms with Crippen LogP contribution in [0.4, 0.5) is 4.39 Å². The van der Waals surface area contributed by atoms with Crippen molar-refractivity contribution in [3.05, 3.63) is 46.2 Å². The summed E-state index contributed by atoms with van der Waals surface area (Å²) in [6.45, 7) is 6.50. The average Bonchev–Trinajstić information content (AvgIpc) is 3.23. The number of likely N-dealkylation sites (tertiary alicyclic amines) is 1. The third-order valence-corrected chi connectivity index (χ3v) is 7.29. The summed E-state index contributed by atoms with van der Waals surface area (Å²) >= 11 is 1.53. The van der Waals surface area contributed by atoms with Crippen LogP contribution < -0.4 is 0 Å². The minimum Gasteiger partial charge on any atom is -0.298 e. The highest BCUT2D eigenvalue weighted by molar-refractivity contribution is 7.05. The normalized spacial score (nSPS) is 34.4. The molecule has 25 heavy (non-hydrogen) atoms. The monoisotopic (exact) mass is 358 g/mol. The maximum absolute atomic E-state index is 13.4. The quantitative estimate of drug-likeness (QED) is 0.844. The predicted octanol–water partition coefficient (Wildman–Crippen LogP) is 3.05. The summed E-state index contributed by atoms with van der Waals surface area (Å²) in [5.41, 5.74) is 2.35. The minimum absolute atomic E-state index is 0.146. The standard InChI is InChI=1S/C19H23FN4S/c1-12-17(25-22-21-12)11-24-10-16(13-2-4-15(20)5-3-13)19-18(24)14-6-8-23(19)9-7-14/h2-5,14,16,18-19H,6-11H2,1H3/t16-,18+,19+/m1/s1. The molecule has 0 radical (unpaired) electrons. The Labute approximate surface area is 151 Å². The summed E-state index contributed by atoms with van der Waals surface area (Å²) in [5, 5.41) is 4.19. The highest BCUT2D eigenvalue weighted by Gasteiger charge is 2.53. The number of halogens is 1. The van der Waals surface area contributed by atoms with Gasteiger partial charge in [0.25, 0.3) is 0 Å². The van der Waals surface area contributed by atoms with Crippen LogP contribution in [0, 0.1) is 18.7 Å². The van der Waals surface area contributed by atoms with Gasteiger partial charge in [-0.3, -0.25) is 9.80 Å². The molecule has 4 fully saturated rings. The average molecular weight is 358 g/mol. The van der Waals surface area contributed by atoms with E-state index in [1.165, 1.54) is 47.9 Å². The van der Waals surface area contributed by atoms with Crippen LogP contribution in [0.25, 0.3) is 0 Å². The third kappa shape index (κ3) is 2.62. The zero-order valence-corrected chi connectivity index (χ0v) is 15.3. The molecule has 132 valence electrons. The number of nitrogens with zero attached hydrogens (tertiary/aromatic N) is 4. The number of benzene rings is 1. The number of hydrogen-bond donors (Lipinski definition) is 0. The predicted molar refractivity (Wildman–Crippen MR) is 96.1 cm³/mol. The van der Waals surface area contributed by atoms with Crippen molar-refractivity contribution in [2.75, 3.05) is 19.6 Å². The Kier molecular flexibility index (Phi) is 3.87. The highest BCUT2D eigenvalue weighted by Crippen LogP contribution is 2.47. The smallest absolute Gasteiger partial charge is 0.123 e. The van der Waals surface area contributed by atoms with Gasteiger partial charge in [-0.05, 0) is 68.0 Å². The van der Waals surface area contributed by atoms with Crippen LogP contribution in [-0.4, -0.2) is 51.1 Å². The Bertz CT molecular complexity index is 753. The van der Waals surface area contributed by atoms with Gasteiger partial charge < -0.3 is 0 Å². The van der Waals surface area contributed by atoms with Crippen LogP contribution in [0.2, 0.25) is 0 Å². The van der Waals surface area contributed by atoms with E-state index in [4.69, 9.17) is 0 Å². The Morgan fingerprint density at radius 3 is 2.60 bits per heavy atom. The number of rotatable bonds is 3. The van der Waals surface area contributed by atoms with Crippen molar-refractivity contribution in [3.8, 4) is 0 Å². The number of hydrogen-bond acceptors (Lipinski definition) is 5. The molecule has 0 unspecified atom stereocenters. The zero-order chi connectivity index (χ0) is 17.0. The molecular formula is C19H23FN4S. The fraction of sp³-hybridized carbons (Fsp3) is 0.579. The van der Waals surface area contributed by atoms with Gasteiger partial charge in [-0.1, -0.05) is 16.6 Å². The molecule has 0 N–H and O–H groups in total. The maximum atomic E-state index is 13.4. The van der Waals surface area contributed by atoms with E-state index in [0.29, 0.717) is 18.0 Å². The van der Waals surface area contributed by atoms with E-state index in [1.54, 1.807) is 12.1 Å². The topological polar surface area (TPSA) is 32.3 Å². The Morgan fingerprint density at radius 1 is 1.16 bits per heavy atom. The van der Waals surface area contributed by atoms with Crippen molar-refractivity contribution in [2.24, 2.45) is 5.92 Å². The van der Waals surface area contributed by atoms with Crippen molar-refractivity contribution in [3.63, 3.8) is 0 Å². The lowest BCUT2D eigenvalue weighted by atomic mass is 9.75. The van der Waals surface area contributed by atoms with Crippen molar-refractivity contribution in [1.29, 1.82) is 0 Å². The van der Waals surface area contributed by atoms with E-state index >= 15 is 0 Å². The first-order valence-corrected chi connectivity index (χ1v) is 9.99. The second-order valence-corrected chi connectivity index (χ2v) is 8.56. The zero-order valence-electron chi connectivity index (χ0n) is 14.4. The van der Waals surface area contributed by atoms with Crippen molar-refractivity contribution < 1.29 is 4.39 Å². The first kappa shape index (κ1) is 15.9. The van der Waals surface area contributed by atoms with Gasteiger partial charge in [0.05, 0.1) is 10.6 Å². The number of fused-ring (bicyclic) bond motifs is 2. The van der Waals surface area contributed by atoms with Crippen LogP contribution >= 0.6 is 11.5 Å². The maximum Gasteiger partial charge on any atom is 0.123 e. The summed E-state index contributed by atoms with van der Waals surface area (Å²) in [4.78, 5) is 6.64. The second-order valence-electron chi connectivity index (χ2n) is 7.72. The Hall–Kier alpha value is -1.37. The number of aromatic nitrogens is 2. The summed E-state index contributed by atoms with van der Waals surface area (Å²) in [7, 11) is 0. The summed E-state index contributed by atoms with van der Waals surface area (Å²) in [5.74, 6) is 1.11. The Morgan fingerprint density at radius 2 is 1.92 bits per heavy atom. The van der Waals surface area contributed by atoms with Gasteiger partial charge in [0.1, 0.15) is 5.82 Å². The van der Waals surface area contributed by atoms with Gasteiger partial charge in [0.15, 0.2) is 0 Å². The molecule has 1 aromatic carbocycles. The summed E-state index contributed by atoms with van der Waals surface area (Å²) in [6.07, 6.45) is 2.63. The SMILES string of the molecule is Cc1nnsc1CN1C[C@H](c2ccc(F)cc2)[C@H]2[C@@H]1C1CCN2CC1. The highest BCUT2D eigenvalue weighted by atomic mass is 32.1. The molecule has 3 atom stereocenters. The van der Waals surface area contributed by atoms with Crippen LogP contribution in [0.5, 0.6) is 0 Å². The van der Waals surface area contributed by atoms with E-state index in [9.17, 15) is 4.39 Å². The van der Waals surface area contributed by atoms with Gasteiger partial charge in [0, 0.05) is 31.1 Å². The van der Waals surface area contributed by atoms with Gasteiger partial charge in [-0.25, -0.2) is 4.39 Å². The molecule has 4 nitrogen and oxygen atoms in total. The van der Waals surface area contributed by atoms with Gasteiger partial charge in [-0.15, -0.1) is 5.10 Å². The molecule has 0 saturated carbocycles. The van der Waals surface area contributed by atoms with Crippen LogP contribution in [-0.2, 0) is 6.54 Å². The molecule has 4 saturated heterocycles. The van der Waals surface area contributed by atoms with Gasteiger partial charge in [-0.2, -0.15) is 0 Å². The molecule has 4 aliphatic rings. The second kappa shape index (κ2) is 6.11. The largest absolute Gasteiger partial charge is 0.298 e. The van der Waals surface area contributed by atoms with E-state index in [0.717, 1.165) is 24.7 Å². The van der Waals surface area contributed by atoms with Crippen molar-refractivity contribution in [2.45, 2.75) is 44.3 Å². The van der Waals surface area contributed by atoms with E-state index < -0.39 is 0 Å². The molecule has 0 spiro atoms. The first-order chi connectivity index (χ1) is 12.2. The molecule has 2 bridgehead atoms. The van der Waals surface area contributed by atoms with E-state index in [2.05, 4.69) is 26.3 Å². The molecule has 2 aromatic rings. The van der Waals surface area contributed by atoms with Crippen LogP contribution in [0.1, 0.15) is 34.9 Å². The molecule has 6 rings (SSSR count). The van der Waals surface area contributed by atoms with E-state index in [1.807, 2.05) is 12.1 Å². The summed E-state index contributed by atoms with van der Waals surface area (Å²) in [6, 6.07) is 8.38. The van der Waals surface area contributed by atoms with Crippen molar-refractivity contribution in [1.82, 2.24) is 19.4 Å². The lowest BCUT2D eigenvalue weighted by Crippen LogP contribution is -2.59. The molecule has 0 amide bonds. The van der Waals surface area contributed by atoms with E-state index in [-0.39, 0.29) is 5.82 Å². The van der Waals surface area contributed by atoms with Crippen LogP contribution in [0.15, 0.2) is 24.3 Å². The first-order valence-electron chi connectivity index (χ1n) is 9.22. The van der Waals surface area contributed by atoms with Gasteiger partial charge >= 0.3 is 0 Å². The van der Waals surface area contributed by atoms with Crippen molar-refractivity contribution >= 4 is 11.5 Å². The lowest BCUT2D eigenvalue weighted by Gasteiger charge is -2.51. The minimum atomic E-state index is -0.146. The molecule has 6 heteroatoms. The summed E-state index contributed by atoms with van der Waals surface area (Å²) < 4.78 is 17.5. The lowest BCUT2D eigenvalue weighted by molar-refractivity contribution is -0.00850. The van der Waals surface area contributed by atoms with Gasteiger partial charge in [0.2, 0.25) is 0 Å². The fourth-order valence-electron chi connectivity index (χ4n) is 5.31. The molecule has 5 heterocycles. The van der Waals surface area contributed by atoms with Crippen LogP contribution in [0.3, 0.4) is 0 Å². The molecule has 0 aliphatic carbocycles. The fourth-order valence-corrected chi connectivity index (χ4v) is 5.96. The molecular weight excluding hydrogens is 335 g/mol. The molecule has 4 aliphatic heterocycles. The third-order valence-electron chi connectivity index (χ3n) is 6.48. The number of piperidine rings is 3. The number of aryl methyl sites for hydroxylation is 1. The molecule has 1 aromatic heterocycles.